The van der Waals surface area contributed by atoms with Crippen molar-refractivity contribution in [2.75, 3.05) is 24.5 Å². The van der Waals surface area contributed by atoms with E-state index < -0.39 is 0 Å². The largest absolute Gasteiger partial charge is 0.369 e. The van der Waals surface area contributed by atoms with Gasteiger partial charge in [-0.2, -0.15) is 0 Å². The van der Waals surface area contributed by atoms with E-state index in [0.717, 1.165) is 43.9 Å². The Labute approximate surface area is 135 Å². The minimum absolute atomic E-state index is 0.00694. The van der Waals surface area contributed by atoms with E-state index in [1.54, 1.807) is 6.20 Å². The van der Waals surface area contributed by atoms with Gasteiger partial charge in [0.25, 0.3) is 5.91 Å². The molecule has 1 amide bonds. The number of hydrogen-bond acceptors (Lipinski definition) is 4. The van der Waals surface area contributed by atoms with Crippen molar-refractivity contribution in [1.29, 1.82) is 0 Å². The standard InChI is InChI=1S/C18H20N4O/c23-18(21-12-14-3-1-2-7-20-14)16-5-4-13-11-19-8-10-22-9-6-15(16)17(13)22/h1-5,7,19H,6,8-12H2,(H,21,23). The van der Waals surface area contributed by atoms with Crippen LogP contribution in [-0.2, 0) is 19.5 Å². The third kappa shape index (κ3) is 2.68. The molecule has 5 heteroatoms. The van der Waals surface area contributed by atoms with Crippen molar-refractivity contribution < 1.29 is 4.79 Å². The Morgan fingerprint density at radius 3 is 3.09 bits per heavy atom. The van der Waals surface area contributed by atoms with Gasteiger partial charge < -0.3 is 15.5 Å². The van der Waals surface area contributed by atoms with Crippen LogP contribution in [0.15, 0.2) is 36.5 Å². The number of benzene rings is 1. The van der Waals surface area contributed by atoms with Gasteiger partial charge in [0.1, 0.15) is 0 Å². The van der Waals surface area contributed by atoms with Crippen molar-refractivity contribution in [1.82, 2.24) is 15.6 Å². The van der Waals surface area contributed by atoms with Crippen molar-refractivity contribution >= 4 is 11.6 Å². The third-order valence-corrected chi connectivity index (χ3v) is 4.59. The van der Waals surface area contributed by atoms with E-state index in [2.05, 4.69) is 26.6 Å². The molecular weight excluding hydrogens is 288 g/mol. The molecule has 5 nitrogen and oxygen atoms in total. The summed E-state index contributed by atoms with van der Waals surface area (Å²) < 4.78 is 0. The molecule has 2 aliphatic heterocycles. The minimum atomic E-state index is -0.00694. The van der Waals surface area contributed by atoms with E-state index in [1.165, 1.54) is 16.8 Å². The lowest BCUT2D eigenvalue weighted by Gasteiger charge is -2.19. The van der Waals surface area contributed by atoms with Crippen molar-refractivity contribution in [3.8, 4) is 0 Å². The summed E-state index contributed by atoms with van der Waals surface area (Å²) in [6.07, 6.45) is 2.70. The Hall–Kier alpha value is -2.40. The van der Waals surface area contributed by atoms with Gasteiger partial charge in [0.05, 0.1) is 12.2 Å². The molecule has 1 aromatic heterocycles. The number of rotatable bonds is 3. The SMILES string of the molecule is O=C(NCc1ccccn1)c1ccc2c3c1CCN3CCNC2. The predicted molar refractivity (Wildman–Crippen MR) is 89.5 cm³/mol. The first-order valence-corrected chi connectivity index (χ1v) is 8.11. The van der Waals surface area contributed by atoms with E-state index in [9.17, 15) is 4.79 Å². The van der Waals surface area contributed by atoms with Crippen LogP contribution in [0.2, 0.25) is 0 Å². The fourth-order valence-corrected chi connectivity index (χ4v) is 3.48. The molecule has 4 rings (SSSR count). The van der Waals surface area contributed by atoms with Crippen molar-refractivity contribution in [3.05, 3.63) is 58.9 Å². The van der Waals surface area contributed by atoms with Gasteiger partial charge >= 0.3 is 0 Å². The Morgan fingerprint density at radius 2 is 2.22 bits per heavy atom. The lowest BCUT2D eigenvalue weighted by molar-refractivity contribution is 0.0949. The van der Waals surface area contributed by atoms with Crippen LogP contribution in [0.25, 0.3) is 0 Å². The first kappa shape index (κ1) is 14.2. The Balaban J connectivity index is 1.58. The van der Waals surface area contributed by atoms with Crippen LogP contribution in [0.1, 0.15) is 27.2 Å². The molecule has 3 heterocycles. The van der Waals surface area contributed by atoms with Gasteiger partial charge in [-0.25, -0.2) is 0 Å². The second kappa shape index (κ2) is 6.01. The van der Waals surface area contributed by atoms with Crippen molar-refractivity contribution in [3.63, 3.8) is 0 Å². The highest BCUT2D eigenvalue weighted by Gasteiger charge is 2.28. The van der Waals surface area contributed by atoms with E-state index in [-0.39, 0.29) is 5.91 Å². The summed E-state index contributed by atoms with van der Waals surface area (Å²) in [7, 11) is 0. The summed E-state index contributed by atoms with van der Waals surface area (Å²) >= 11 is 0. The second-order valence-electron chi connectivity index (χ2n) is 6.02. The summed E-state index contributed by atoms with van der Waals surface area (Å²) in [5.41, 5.74) is 5.46. The summed E-state index contributed by atoms with van der Waals surface area (Å²) in [6.45, 7) is 4.36. The first-order chi connectivity index (χ1) is 11.3. The zero-order valence-electron chi connectivity index (χ0n) is 13.0. The molecule has 0 bridgehead atoms. The van der Waals surface area contributed by atoms with Crippen LogP contribution in [0.4, 0.5) is 5.69 Å². The van der Waals surface area contributed by atoms with Gasteiger partial charge in [-0.3, -0.25) is 9.78 Å². The molecule has 118 valence electrons. The summed E-state index contributed by atoms with van der Waals surface area (Å²) in [6, 6.07) is 9.79. The molecule has 0 aliphatic carbocycles. The molecule has 0 saturated heterocycles. The fraction of sp³-hybridized carbons (Fsp3) is 0.333. The second-order valence-corrected chi connectivity index (χ2v) is 6.02. The normalized spacial score (nSPS) is 15.9. The molecule has 23 heavy (non-hydrogen) atoms. The number of carbonyl (C=O) groups is 1. The number of nitrogens with one attached hydrogen (secondary N) is 2. The smallest absolute Gasteiger partial charge is 0.251 e. The topological polar surface area (TPSA) is 57.3 Å². The first-order valence-electron chi connectivity index (χ1n) is 8.11. The molecule has 0 fully saturated rings. The summed E-state index contributed by atoms with van der Waals surface area (Å²) in [5.74, 6) is -0.00694. The van der Waals surface area contributed by atoms with E-state index >= 15 is 0 Å². The highest BCUT2D eigenvalue weighted by molar-refractivity contribution is 5.98. The number of nitrogens with zero attached hydrogens (tertiary/aromatic N) is 2. The van der Waals surface area contributed by atoms with Crippen LogP contribution in [0.5, 0.6) is 0 Å². The van der Waals surface area contributed by atoms with E-state index in [0.29, 0.717) is 6.54 Å². The average molecular weight is 308 g/mol. The van der Waals surface area contributed by atoms with Gasteiger partial charge in [-0.05, 0) is 35.7 Å². The van der Waals surface area contributed by atoms with Crippen LogP contribution >= 0.6 is 0 Å². The third-order valence-electron chi connectivity index (χ3n) is 4.59. The Bertz CT molecular complexity index is 729. The van der Waals surface area contributed by atoms with Gasteiger partial charge in [-0.1, -0.05) is 12.1 Å². The van der Waals surface area contributed by atoms with Gasteiger partial charge in [0.15, 0.2) is 0 Å². The van der Waals surface area contributed by atoms with Crippen LogP contribution in [-0.4, -0.2) is 30.5 Å². The zero-order valence-corrected chi connectivity index (χ0v) is 13.0. The van der Waals surface area contributed by atoms with Gasteiger partial charge in [0, 0.05) is 43.6 Å². The summed E-state index contributed by atoms with van der Waals surface area (Å²) in [5, 5.41) is 6.44. The maximum atomic E-state index is 12.6. The maximum absolute atomic E-state index is 12.6. The Morgan fingerprint density at radius 1 is 1.26 bits per heavy atom. The van der Waals surface area contributed by atoms with E-state index in [4.69, 9.17) is 0 Å². The highest BCUT2D eigenvalue weighted by Crippen LogP contribution is 2.35. The van der Waals surface area contributed by atoms with E-state index in [1.807, 2.05) is 24.3 Å². The molecule has 0 atom stereocenters. The number of pyridine rings is 1. The van der Waals surface area contributed by atoms with Crippen LogP contribution in [0.3, 0.4) is 0 Å². The molecule has 0 saturated carbocycles. The number of carbonyl (C=O) groups excluding carboxylic acids is 1. The molecular formula is C18H20N4O. The minimum Gasteiger partial charge on any atom is -0.369 e. The molecule has 2 aromatic rings. The molecule has 2 N–H and O–H groups in total. The number of anilines is 1. The van der Waals surface area contributed by atoms with Gasteiger partial charge in [-0.15, -0.1) is 0 Å². The quantitative estimate of drug-likeness (QED) is 0.902. The van der Waals surface area contributed by atoms with Crippen LogP contribution < -0.4 is 15.5 Å². The number of amides is 1. The van der Waals surface area contributed by atoms with Crippen molar-refractivity contribution in [2.24, 2.45) is 0 Å². The lowest BCUT2D eigenvalue weighted by atomic mass is 10.00. The van der Waals surface area contributed by atoms with Crippen molar-refractivity contribution in [2.45, 2.75) is 19.5 Å². The maximum Gasteiger partial charge on any atom is 0.251 e. The molecule has 1 aromatic carbocycles. The van der Waals surface area contributed by atoms with Crippen LogP contribution in [0, 0.1) is 0 Å². The number of aromatic nitrogens is 1. The highest BCUT2D eigenvalue weighted by atomic mass is 16.1. The monoisotopic (exact) mass is 308 g/mol. The fourth-order valence-electron chi connectivity index (χ4n) is 3.48. The Kier molecular flexibility index (Phi) is 3.71. The molecule has 0 radical (unpaired) electrons. The molecule has 0 unspecified atom stereocenters. The summed E-state index contributed by atoms with van der Waals surface area (Å²) in [4.78, 5) is 19.3. The van der Waals surface area contributed by atoms with Gasteiger partial charge in [0.2, 0.25) is 0 Å². The average Bonchev–Trinajstić information content (AvgIpc) is 2.90. The number of hydrogen-bond donors (Lipinski definition) is 2. The lowest BCUT2D eigenvalue weighted by Crippen LogP contribution is -2.27. The molecule has 0 spiro atoms. The zero-order chi connectivity index (χ0) is 15.6. The predicted octanol–water partition coefficient (Wildman–Crippen LogP) is 1.48. The molecule has 2 aliphatic rings.